The van der Waals surface area contributed by atoms with E-state index in [-0.39, 0.29) is 24.0 Å². The maximum Gasteiger partial charge on any atom is 0.191 e. The fourth-order valence-electron chi connectivity index (χ4n) is 3.82. The molecule has 2 saturated heterocycles. The zero-order chi connectivity index (χ0) is 17.4. The Bertz CT molecular complexity index is 396. The van der Waals surface area contributed by atoms with Crippen LogP contribution >= 0.6 is 24.0 Å². The third-order valence-corrected chi connectivity index (χ3v) is 5.25. The highest BCUT2D eigenvalue weighted by atomic mass is 127. The number of hydrogen-bond donors (Lipinski definition) is 2. The summed E-state index contributed by atoms with van der Waals surface area (Å²) in [6, 6.07) is 1.57. The van der Waals surface area contributed by atoms with Crippen LogP contribution in [0.4, 0.5) is 0 Å². The Morgan fingerprint density at radius 3 is 2.76 bits per heavy atom. The normalized spacial score (nSPS) is 27.0. The Kier molecular flexibility index (Phi) is 11.3. The molecule has 2 N–H and O–H groups in total. The van der Waals surface area contributed by atoms with Crippen LogP contribution in [0.15, 0.2) is 4.99 Å². The van der Waals surface area contributed by atoms with Gasteiger partial charge in [0.25, 0.3) is 0 Å². The highest BCUT2D eigenvalue weighted by Gasteiger charge is 2.24. The monoisotopic (exact) mass is 467 g/mol. The minimum absolute atomic E-state index is 0. The first-order valence-corrected chi connectivity index (χ1v) is 9.75. The summed E-state index contributed by atoms with van der Waals surface area (Å²) >= 11 is 0. The van der Waals surface area contributed by atoms with Crippen LogP contribution in [-0.4, -0.2) is 86.4 Å². The molecule has 0 saturated carbocycles. The lowest BCUT2D eigenvalue weighted by Crippen LogP contribution is -2.50. The molecule has 6 nitrogen and oxygen atoms in total. The second-order valence-electron chi connectivity index (χ2n) is 7.04. The molecule has 0 spiro atoms. The number of likely N-dealkylation sites (N-methyl/N-ethyl adjacent to an activating group) is 1. The van der Waals surface area contributed by atoms with Crippen molar-refractivity contribution >= 4 is 29.9 Å². The molecule has 2 rings (SSSR count). The van der Waals surface area contributed by atoms with Gasteiger partial charge in [-0.1, -0.05) is 6.92 Å². The lowest BCUT2D eigenvalue weighted by molar-refractivity contribution is -0.0165. The minimum atomic E-state index is 0. The van der Waals surface area contributed by atoms with Crippen LogP contribution in [0.1, 0.15) is 40.5 Å². The summed E-state index contributed by atoms with van der Waals surface area (Å²) < 4.78 is 5.54. The molecule has 3 unspecified atom stereocenters. The van der Waals surface area contributed by atoms with Gasteiger partial charge in [0.1, 0.15) is 0 Å². The summed E-state index contributed by atoms with van der Waals surface area (Å²) in [6.45, 7) is 16.7. The molecule has 0 amide bonds. The average Bonchev–Trinajstić information content (AvgIpc) is 3.05. The van der Waals surface area contributed by atoms with E-state index in [0.29, 0.717) is 18.1 Å². The fraction of sp³-hybridized carbons (Fsp3) is 0.944. The number of nitrogens with zero attached hydrogens (tertiary/aromatic N) is 3. The number of rotatable bonds is 7. The maximum atomic E-state index is 5.54. The van der Waals surface area contributed by atoms with E-state index in [9.17, 15) is 0 Å². The quantitative estimate of drug-likeness (QED) is 0.340. The lowest BCUT2D eigenvalue weighted by Gasteiger charge is -2.37. The SMILES string of the molecule is CCNC(=NCC(C)N1CCOCC1C)NCC1CCCN1CC.I. The van der Waals surface area contributed by atoms with Crippen LogP contribution in [0.3, 0.4) is 0 Å². The Labute approximate surface area is 171 Å². The Morgan fingerprint density at radius 2 is 2.08 bits per heavy atom. The molecule has 0 radical (unpaired) electrons. The number of guanidine groups is 1. The van der Waals surface area contributed by atoms with Crippen molar-refractivity contribution in [2.45, 2.75) is 58.7 Å². The summed E-state index contributed by atoms with van der Waals surface area (Å²) in [4.78, 5) is 9.90. The molecule has 7 heteroatoms. The highest BCUT2D eigenvalue weighted by molar-refractivity contribution is 14.0. The van der Waals surface area contributed by atoms with Crippen molar-refractivity contribution < 1.29 is 4.74 Å². The van der Waals surface area contributed by atoms with Gasteiger partial charge in [0.05, 0.1) is 19.8 Å². The largest absolute Gasteiger partial charge is 0.379 e. The maximum absolute atomic E-state index is 5.54. The van der Waals surface area contributed by atoms with Crippen molar-refractivity contribution in [3.63, 3.8) is 0 Å². The molecular weight excluding hydrogens is 429 g/mol. The number of nitrogens with one attached hydrogen (secondary N) is 2. The van der Waals surface area contributed by atoms with Crippen LogP contribution < -0.4 is 10.6 Å². The van der Waals surface area contributed by atoms with Gasteiger partial charge in [-0.3, -0.25) is 14.8 Å². The molecule has 2 heterocycles. The topological polar surface area (TPSA) is 52.1 Å². The van der Waals surface area contributed by atoms with Gasteiger partial charge in [-0.15, -0.1) is 24.0 Å². The van der Waals surface area contributed by atoms with Crippen molar-refractivity contribution in [3.05, 3.63) is 0 Å². The summed E-state index contributed by atoms with van der Waals surface area (Å²) in [5.74, 6) is 0.952. The summed E-state index contributed by atoms with van der Waals surface area (Å²) in [7, 11) is 0. The standard InChI is InChI=1S/C18H37N5O.HI/c1-5-19-18(21-13-17-8-7-9-22(17)6-2)20-12-15(3)23-10-11-24-14-16(23)4;/h15-17H,5-14H2,1-4H3,(H2,19,20,21);1H. The predicted molar refractivity (Wildman–Crippen MR) is 116 cm³/mol. The van der Waals surface area contributed by atoms with Gasteiger partial charge in [0.2, 0.25) is 0 Å². The van der Waals surface area contributed by atoms with Crippen LogP contribution in [-0.2, 0) is 4.74 Å². The molecule has 0 aromatic rings. The zero-order valence-electron chi connectivity index (χ0n) is 16.5. The van der Waals surface area contributed by atoms with Gasteiger partial charge in [-0.25, -0.2) is 0 Å². The number of morpholine rings is 1. The second kappa shape index (κ2) is 12.3. The summed E-state index contributed by atoms with van der Waals surface area (Å²) in [5.41, 5.74) is 0. The van der Waals surface area contributed by atoms with Gasteiger partial charge in [0.15, 0.2) is 5.96 Å². The van der Waals surface area contributed by atoms with Gasteiger partial charge in [-0.05, 0) is 46.7 Å². The Hall–Kier alpha value is -0.120. The van der Waals surface area contributed by atoms with Crippen molar-refractivity contribution in [1.29, 1.82) is 0 Å². The van der Waals surface area contributed by atoms with Gasteiger partial charge < -0.3 is 15.4 Å². The van der Waals surface area contributed by atoms with Gasteiger partial charge >= 0.3 is 0 Å². The molecule has 3 atom stereocenters. The van der Waals surface area contributed by atoms with E-state index in [2.05, 4.69) is 48.1 Å². The van der Waals surface area contributed by atoms with Crippen molar-refractivity contribution in [1.82, 2.24) is 20.4 Å². The van der Waals surface area contributed by atoms with Crippen LogP contribution in [0.25, 0.3) is 0 Å². The number of halogens is 1. The molecule has 25 heavy (non-hydrogen) atoms. The second-order valence-corrected chi connectivity index (χ2v) is 7.04. The average molecular weight is 467 g/mol. The van der Waals surface area contributed by atoms with E-state index < -0.39 is 0 Å². The van der Waals surface area contributed by atoms with E-state index in [1.54, 1.807) is 0 Å². The fourth-order valence-corrected chi connectivity index (χ4v) is 3.82. The van der Waals surface area contributed by atoms with E-state index in [1.807, 2.05) is 0 Å². The van der Waals surface area contributed by atoms with Crippen molar-refractivity contribution in [3.8, 4) is 0 Å². The summed E-state index contributed by atoms with van der Waals surface area (Å²) in [5, 5.41) is 6.94. The molecular formula is C18H38IN5O. The minimum Gasteiger partial charge on any atom is -0.379 e. The molecule has 0 aromatic carbocycles. The molecule has 0 aromatic heterocycles. The number of ether oxygens (including phenoxy) is 1. The Balaban J connectivity index is 0.00000312. The third kappa shape index (κ3) is 7.19. The first-order chi connectivity index (χ1) is 11.7. The lowest BCUT2D eigenvalue weighted by atomic mass is 10.2. The van der Waals surface area contributed by atoms with Gasteiger partial charge in [-0.2, -0.15) is 0 Å². The molecule has 2 fully saturated rings. The van der Waals surface area contributed by atoms with Crippen LogP contribution in [0.5, 0.6) is 0 Å². The highest BCUT2D eigenvalue weighted by Crippen LogP contribution is 2.15. The molecule has 0 bridgehead atoms. The van der Waals surface area contributed by atoms with E-state index >= 15 is 0 Å². The number of aliphatic imine (C=N–C) groups is 1. The first kappa shape index (κ1) is 22.9. The van der Waals surface area contributed by atoms with E-state index in [0.717, 1.165) is 51.9 Å². The van der Waals surface area contributed by atoms with Crippen molar-refractivity contribution in [2.24, 2.45) is 4.99 Å². The van der Waals surface area contributed by atoms with Crippen molar-refractivity contribution in [2.75, 3.05) is 52.5 Å². The number of likely N-dealkylation sites (tertiary alicyclic amines) is 1. The molecule has 0 aliphatic carbocycles. The van der Waals surface area contributed by atoms with Crippen LogP contribution in [0, 0.1) is 0 Å². The molecule has 2 aliphatic heterocycles. The Morgan fingerprint density at radius 1 is 1.28 bits per heavy atom. The van der Waals surface area contributed by atoms with Gasteiger partial charge in [0, 0.05) is 37.8 Å². The predicted octanol–water partition coefficient (Wildman–Crippen LogP) is 1.75. The molecule has 148 valence electrons. The molecule has 2 aliphatic rings. The smallest absolute Gasteiger partial charge is 0.191 e. The third-order valence-electron chi connectivity index (χ3n) is 5.25. The first-order valence-electron chi connectivity index (χ1n) is 9.75. The zero-order valence-corrected chi connectivity index (χ0v) is 18.8. The summed E-state index contributed by atoms with van der Waals surface area (Å²) in [6.07, 6.45) is 2.61. The van der Waals surface area contributed by atoms with E-state index in [1.165, 1.54) is 19.4 Å². The van der Waals surface area contributed by atoms with Crippen LogP contribution in [0.2, 0.25) is 0 Å². The number of hydrogen-bond acceptors (Lipinski definition) is 4. The van der Waals surface area contributed by atoms with E-state index in [4.69, 9.17) is 9.73 Å².